The van der Waals surface area contributed by atoms with Gasteiger partial charge in [-0.15, -0.1) is 0 Å². The molecule has 0 aliphatic rings. The molecule has 0 aliphatic carbocycles. The number of carbonyl (C=O) groups excluding carboxylic acids is 1. The first-order valence-electron chi connectivity index (χ1n) is 6.31. The Hall–Kier alpha value is -1.42. The van der Waals surface area contributed by atoms with Crippen LogP contribution in [0.3, 0.4) is 0 Å². The van der Waals surface area contributed by atoms with Crippen LogP contribution in [0.1, 0.15) is 29.8 Å². The van der Waals surface area contributed by atoms with Crippen LogP contribution in [0.2, 0.25) is 0 Å². The third-order valence-electron chi connectivity index (χ3n) is 2.40. The molecule has 20 heavy (non-hydrogen) atoms. The highest BCUT2D eigenvalue weighted by Gasteiger charge is 2.18. The molecule has 0 saturated heterocycles. The second-order valence-electron chi connectivity index (χ2n) is 3.80. The van der Waals surface area contributed by atoms with Crippen LogP contribution in [0.15, 0.2) is 30.1 Å². The number of hydrogen-bond acceptors (Lipinski definition) is 5. The summed E-state index contributed by atoms with van der Waals surface area (Å²) in [5.41, 5.74) is 1.25. The van der Waals surface area contributed by atoms with Gasteiger partial charge in [0.2, 0.25) is 0 Å². The van der Waals surface area contributed by atoms with Gasteiger partial charge in [0.25, 0.3) is 0 Å². The summed E-state index contributed by atoms with van der Waals surface area (Å²) in [6.45, 7) is 4.13. The van der Waals surface area contributed by atoms with E-state index in [2.05, 4.69) is 4.74 Å². The molecule has 0 N–H and O–H groups in total. The van der Waals surface area contributed by atoms with Crippen LogP contribution in [0.4, 0.5) is 0 Å². The average molecular weight is 298 g/mol. The molecule has 0 saturated carbocycles. The Morgan fingerprint density at radius 1 is 1.15 bits per heavy atom. The van der Waals surface area contributed by atoms with Gasteiger partial charge in [0.1, 0.15) is 0 Å². The van der Waals surface area contributed by atoms with Crippen LogP contribution in [-0.2, 0) is 18.3 Å². The Bertz CT molecular complexity index is 497. The zero-order valence-corrected chi connectivity index (χ0v) is 12.8. The minimum absolute atomic E-state index is 0.308. The summed E-state index contributed by atoms with van der Waals surface area (Å²) in [6, 6.07) is 6.73. The molecule has 1 rings (SSSR count). The largest absolute Gasteiger partial charge is 0.465 e. The van der Waals surface area contributed by atoms with Crippen LogP contribution < -0.4 is 0 Å². The van der Waals surface area contributed by atoms with Gasteiger partial charge >= 0.3 is 13.6 Å². The van der Waals surface area contributed by atoms with E-state index in [1.807, 2.05) is 0 Å². The number of ether oxygens (including phenoxy) is 1. The molecule has 0 bridgehead atoms. The van der Waals surface area contributed by atoms with Crippen molar-refractivity contribution in [2.45, 2.75) is 13.8 Å². The highest BCUT2D eigenvalue weighted by Crippen LogP contribution is 2.50. The Morgan fingerprint density at radius 3 is 2.15 bits per heavy atom. The maximum atomic E-state index is 12.2. The predicted octanol–water partition coefficient (Wildman–Crippen LogP) is 3.71. The van der Waals surface area contributed by atoms with Gasteiger partial charge in [0.15, 0.2) is 0 Å². The van der Waals surface area contributed by atoms with Gasteiger partial charge in [-0.05, 0) is 37.6 Å². The normalized spacial score (nSPS) is 11.8. The summed E-state index contributed by atoms with van der Waals surface area (Å²) in [5, 5.41) is 0. The molecule has 0 aromatic heterocycles. The molecule has 6 heteroatoms. The van der Waals surface area contributed by atoms with Crippen molar-refractivity contribution in [3.8, 4) is 0 Å². The molecular weight excluding hydrogens is 279 g/mol. The van der Waals surface area contributed by atoms with Crippen molar-refractivity contribution >= 4 is 19.6 Å². The molecule has 0 radical (unpaired) electrons. The maximum absolute atomic E-state index is 12.2. The van der Waals surface area contributed by atoms with E-state index in [0.717, 1.165) is 5.56 Å². The highest BCUT2D eigenvalue weighted by atomic mass is 31.2. The minimum atomic E-state index is -3.19. The Labute approximate surface area is 119 Å². The summed E-state index contributed by atoms with van der Waals surface area (Å²) in [5.74, 6) is 1.03. The molecule has 0 fully saturated rings. The first-order chi connectivity index (χ1) is 9.54. The van der Waals surface area contributed by atoms with Crippen LogP contribution in [-0.4, -0.2) is 26.3 Å². The molecule has 0 aliphatic heterocycles. The van der Waals surface area contributed by atoms with Crippen molar-refractivity contribution in [1.82, 2.24) is 0 Å². The highest BCUT2D eigenvalue weighted by molar-refractivity contribution is 7.57. The van der Waals surface area contributed by atoms with Gasteiger partial charge in [-0.2, -0.15) is 0 Å². The Balaban J connectivity index is 2.83. The number of benzene rings is 1. The third-order valence-corrected chi connectivity index (χ3v) is 4.15. The molecule has 0 spiro atoms. The average Bonchev–Trinajstić information content (AvgIpc) is 2.45. The number of rotatable bonds is 7. The standard InChI is InChI=1S/C14H19O5P/c1-4-18-20(16,19-5-2)11-10-12-6-8-13(9-7-12)14(15)17-3/h6-11H,4-5H2,1-3H3. The second kappa shape index (κ2) is 8.00. The molecule has 0 unspecified atom stereocenters. The van der Waals surface area contributed by atoms with E-state index in [1.54, 1.807) is 44.2 Å². The minimum Gasteiger partial charge on any atom is -0.465 e. The van der Waals surface area contributed by atoms with Crippen molar-refractivity contribution in [2.24, 2.45) is 0 Å². The fraction of sp³-hybridized carbons (Fsp3) is 0.357. The second-order valence-corrected chi connectivity index (χ2v) is 5.70. The van der Waals surface area contributed by atoms with Crippen molar-refractivity contribution in [3.63, 3.8) is 0 Å². The first-order valence-corrected chi connectivity index (χ1v) is 7.92. The lowest BCUT2D eigenvalue weighted by atomic mass is 10.1. The topological polar surface area (TPSA) is 61.8 Å². The van der Waals surface area contributed by atoms with Crippen molar-refractivity contribution < 1.29 is 23.1 Å². The monoisotopic (exact) mass is 298 g/mol. The Morgan fingerprint density at radius 2 is 1.70 bits per heavy atom. The molecule has 0 amide bonds. The summed E-state index contributed by atoms with van der Waals surface area (Å²) in [7, 11) is -1.86. The van der Waals surface area contributed by atoms with Crippen molar-refractivity contribution in [3.05, 3.63) is 41.2 Å². The van der Waals surface area contributed by atoms with E-state index in [9.17, 15) is 9.36 Å². The molecule has 1 aromatic rings. The zero-order chi connectivity index (χ0) is 15.0. The van der Waals surface area contributed by atoms with Gasteiger partial charge < -0.3 is 13.8 Å². The van der Waals surface area contributed by atoms with Crippen molar-refractivity contribution in [2.75, 3.05) is 20.3 Å². The first kappa shape index (κ1) is 16.6. The third kappa shape index (κ3) is 4.93. The molecule has 0 heterocycles. The van der Waals surface area contributed by atoms with E-state index in [1.165, 1.54) is 12.9 Å². The molecule has 110 valence electrons. The van der Waals surface area contributed by atoms with E-state index in [-0.39, 0.29) is 0 Å². The molecular formula is C14H19O5P. The van der Waals surface area contributed by atoms with Crippen LogP contribution in [0.25, 0.3) is 6.08 Å². The van der Waals surface area contributed by atoms with Crippen LogP contribution >= 0.6 is 7.60 Å². The van der Waals surface area contributed by atoms with Gasteiger partial charge in [0, 0.05) is 5.82 Å². The van der Waals surface area contributed by atoms with Gasteiger partial charge in [-0.3, -0.25) is 4.57 Å². The quantitative estimate of drug-likeness (QED) is 0.567. The summed E-state index contributed by atoms with van der Waals surface area (Å²) in [6.07, 6.45) is 1.65. The van der Waals surface area contributed by atoms with E-state index >= 15 is 0 Å². The van der Waals surface area contributed by atoms with Crippen molar-refractivity contribution in [1.29, 1.82) is 0 Å². The van der Waals surface area contributed by atoms with E-state index in [4.69, 9.17) is 9.05 Å². The fourth-order valence-electron chi connectivity index (χ4n) is 1.51. The predicted molar refractivity (Wildman–Crippen MR) is 77.7 cm³/mol. The smallest absolute Gasteiger partial charge is 0.354 e. The van der Waals surface area contributed by atoms with Gasteiger partial charge in [-0.25, -0.2) is 4.79 Å². The Kier molecular flexibility index (Phi) is 6.65. The van der Waals surface area contributed by atoms with Gasteiger partial charge in [0.05, 0.1) is 25.9 Å². The number of carbonyl (C=O) groups is 1. The molecule has 0 atom stereocenters. The number of methoxy groups -OCH3 is 1. The number of esters is 1. The summed E-state index contributed by atoms with van der Waals surface area (Å²) in [4.78, 5) is 11.3. The zero-order valence-electron chi connectivity index (χ0n) is 11.9. The maximum Gasteiger partial charge on any atom is 0.354 e. The lowest BCUT2D eigenvalue weighted by Gasteiger charge is -2.12. The number of hydrogen-bond donors (Lipinski definition) is 0. The summed E-state index contributed by atoms with van der Waals surface area (Å²) >= 11 is 0. The SMILES string of the molecule is CCOP(=O)(C=Cc1ccc(C(=O)OC)cc1)OCC. The lowest BCUT2D eigenvalue weighted by molar-refractivity contribution is 0.0600. The molecule has 1 aromatic carbocycles. The summed E-state index contributed by atoms with van der Waals surface area (Å²) < 4.78 is 27.1. The van der Waals surface area contributed by atoms with E-state index in [0.29, 0.717) is 18.8 Å². The molecule has 5 nitrogen and oxygen atoms in total. The van der Waals surface area contributed by atoms with Crippen LogP contribution in [0.5, 0.6) is 0 Å². The van der Waals surface area contributed by atoms with E-state index < -0.39 is 13.6 Å². The van der Waals surface area contributed by atoms with Gasteiger partial charge in [-0.1, -0.05) is 12.1 Å². The lowest BCUT2D eigenvalue weighted by Crippen LogP contribution is -2.00. The fourth-order valence-corrected chi connectivity index (χ4v) is 2.83. The van der Waals surface area contributed by atoms with Crippen LogP contribution in [0, 0.1) is 0 Å².